The fourth-order valence-corrected chi connectivity index (χ4v) is 13.7. The molecule has 0 spiro atoms. The summed E-state index contributed by atoms with van der Waals surface area (Å²) in [6.45, 7) is 0. The molecule has 0 aliphatic heterocycles. The van der Waals surface area contributed by atoms with Crippen LogP contribution in [0.2, 0.25) is 0 Å². The van der Waals surface area contributed by atoms with E-state index < -0.39 is 13.6 Å². The van der Waals surface area contributed by atoms with E-state index in [1.165, 1.54) is 28.2 Å². The van der Waals surface area contributed by atoms with Gasteiger partial charge in [-0.2, -0.15) is 0 Å². The first-order valence-corrected chi connectivity index (χ1v) is 13.7. The molecule has 5 aromatic carbocycles. The topological polar surface area (TPSA) is 0 Å². The van der Waals surface area contributed by atoms with E-state index in [2.05, 4.69) is 133 Å². The van der Waals surface area contributed by atoms with Crippen LogP contribution >= 0.6 is 0 Å². The molecule has 0 fully saturated rings. The van der Waals surface area contributed by atoms with Crippen molar-refractivity contribution < 1.29 is 24.0 Å². The summed E-state index contributed by atoms with van der Waals surface area (Å²) in [6, 6.07) is 49.0. The van der Waals surface area contributed by atoms with Gasteiger partial charge in [-0.15, -0.1) is 0 Å². The fraction of sp³-hybridized carbons (Fsp3) is 0. The van der Waals surface area contributed by atoms with Crippen molar-refractivity contribution in [3.05, 3.63) is 133 Å². The zero-order valence-electron chi connectivity index (χ0n) is 16.5. The first-order valence-electron chi connectivity index (χ1n) is 9.95. The summed E-state index contributed by atoms with van der Waals surface area (Å²) >= 11 is -2.96. The molecule has 5 aromatic rings. The second kappa shape index (κ2) is 9.20. The van der Waals surface area contributed by atoms with Crippen LogP contribution < -0.4 is 41.4 Å². The summed E-state index contributed by atoms with van der Waals surface area (Å²) in [4.78, 5) is 0. The van der Waals surface area contributed by atoms with Gasteiger partial charge in [-0.25, -0.2) is 0 Å². The maximum absolute atomic E-state index is 2.96. The molecule has 0 aromatic heterocycles. The van der Waals surface area contributed by atoms with Crippen molar-refractivity contribution in [2.24, 2.45) is 0 Å². The van der Waals surface area contributed by atoms with Crippen LogP contribution in [-0.2, 0) is 0 Å². The number of benzene rings is 5. The predicted octanol–water partition coefficient (Wildman–Crippen LogP) is 1.22. The fourth-order valence-electron chi connectivity index (χ4n) is 4.32. The number of hydrogen-bond donors (Lipinski definition) is 0. The summed E-state index contributed by atoms with van der Waals surface area (Å²) in [5, 5.41) is 2.66. The molecule has 0 atom stereocenters. The van der Waals surface area contributed by atoms with Crippen LogP contribution in [0.5, 0.6) is 0 Å². The van der Waals surface area contributed by atoms with Crippen molar-refractivity contribution >= 4 is 41.7 Å². The van der Waals surface area contributed by atoms with E-state index >= 15 is 0 Å². The number of hydrogen-bond acceptors (Lipinski definition) is 0. The van der Waals surface area contributed by atoms with Gasteiger partial charge in [0.15, 0.2) is 0 Å². The minimum atomic E-state index is -2.96. The molecule has 0 saturated heterocycles. The Morgan fingerprint density at radius 2 is 0.767 bits per heavy atom. The van der Waals surface area contributed by atoms with Crippen molar-refractivity contribution in [1.82, 2.24) is 0 Å². The summed E-state index contributed by atoms with van der Waals surface area (Å²) in [5.74, 6) is 0. The Bertz CT molecular complexity index is 1130. The second-order valence-corrected chi connectivity index (χ2v) is 14.3. The van der Waals surface area contributed by atoms with Gasteiger partial charge in [-0.05, 0) is 0 Å². The Labute approximate surface area is 198 Å². The monoisotopic (exact) mass is 560 g/mol. The van der Waals surface area contributed by atoms with Crippen LogP contribution in [0.3, 0.4) is 0 Å². The Kier molecular flexibility index (Phi) is 6.41. The van der Waals surface area contributed by atoms with Crippen LogP contribution in [0.15, 0.2) is 133 Å². The van der Waals surface area contributed by atoms with Gasteiger partial charge in [0.1, 0.15) is 0 Å². The SMILES string of the molecule is [I-].c1ccc([As+](c2ccccc2)(c2ccccc2)c2cccc3ccccc23)cc1. The molecule has 146 valence electrons. The van der Waals surface area contributed by atoms with Crippen LogP contribution in [0, 0.1) is 0 Å². The van der Waals surface area contributed by atoms with Crippen LogP contribution in [-0.4, -0.2) is 13.6 Å². The molecule has 0 bridgehead atoms. The molecule has 2 heteroatoms. The molecule has 0 aliphatic carbocycles. The van der Waals surface area contributed by atoms with E-state index in [1.54, 1.807) is 0 Å². The molecule has 0 amide bonds. The summed E-state index contributed by atoms with van der Waals surface area (Å²) in [5.41, 5.74) is 0. The zero-order valence-corrected chi connectivity index (χ0v) is 20.6. The van der Waals surface area contributed by atoms with E-state index in [9.17, 15) is 0 Å². The quantitative estimate of drug-likeness (QED) is 0.229. The Balaban J connectivity index is 0.00000218. The normalized spacial score (nSPS) is 11.1. The molecule has 0 nitrogen and oxygen atoms in total. The van der Waals surface area contributed by atoms with Crippen LogP contribution in [0.25, 0.3) is 10.8 Å². The number of halogens is 1. The molecule has 0 heterocycles. The summed E-state index contributed by atoms with van der Waals surface area (Å²) in [7, 11) is 0. The van der Waals surface area contributed by atoms with Gasteiger partial charge < -0.3 is 24.0 Å². The second-order valence-electron chi connectivity index (χ2n) is 7.18. The summed E-state index contributed by atoms with van der Waals surface area (Å²) < 4.78 is 5.81. The number of fused-ring (bicyclic) bond motifs is 1. The van der Waals surface area contributed by atoms with Gasteiger partial charge in [-0.1, -0.05) is 0 Å². The molecular weight excluding hydrogens is 538 g/mol. The van der Waals surface area contributed by atoms with Gasteiger partial charge >= 0.3 is 175 Å². The third-order valence-electron chi connectivity index (χ3n) is 5.56. The van der Waals surface area contributed by atoms with Crippen molar-refractivity contribution in [2.75, 3.05) is 0 Å². The zero-order chi connectivity index (χ0) is 19.5. The molecule has 0 radical (unpaired) electrons. The standard InChI is InChI=1S/C28H22As.HI/c1-4-15-24(16-5-1)29(25-17-6-2-7-18-25,26-19-8-3-9-20-26)28-22-12-14-23-13-10-11-21-27(23)28;/h1-22H;1H/q+1;/p-1. The molecule has 30 heavy (non-hydrogen) atoms. The van der Waals surface area contributed by atoms with Gasteiger partial charge in [0, 0.05) is 0 Å². The maximum atomic E-state index is 2.36. The first kappa shape index (κ1) is 20.9. The molecule has 0 saturated carbocycles. The molecular formula is C28H22AsI. The van der Waals surface area contributed by atoms with E-state index in [0.29, 0.717) is 0 Å². The van der Waals surface area contributed by atoms with Gasteiger partial charge in [0.2, 0.25) is 0 Å². The number of rotatable bonds is 4. The Morgan fingerprint density at radius 3 is 1.27 bits per heavy atom. The first-order chi connectivity index (χ1) is 14.4. The van der Waals surface area contributed by atoms with Gasteiger partial charge in [0.25, 0.3) is 0 Å². The Hall–Kier alpha value is -2.35. The average molecular weight is 560 g/mol. The third-order valence-corrected chi connectivity index (χ3v) is 14.6. The van der Waals surface area contributed by atoms with E-state index in [0.717, 1.165) is 0 Å². The van der Waals surface area contributed by atoms with E-state index in [1.807, 2.05) is 0 Å². The predicted molar refractivity (Wildman–Crippen MR) is 128 cm³/mol. The van der Waals surface area contributed by atoms with Crippen molar-refractivity contribution in [3.8, 4) is 0 Å². The van der Waals surface area contributed by atoms with E-state index in [-0.39, 0.29) is 24.0 Å². The van der Waals surface area contributed by atoms with Gasteiger partial charge in [-0.3, -0.25) is 0 Å². The average Bonchev–Trinajstić information content (AvgIpc) is 2.82. The van der Waals surface area contributed by atoms with Crippen molar-refractivity contribution in [3.63, 3.8) is 0 Å². The molecule has 0 unspecified atom stereocenters. The minimum absolute atomic E-state index is 0. The van der Waals surface area contributed by atoms with Crippen molar-refractivity contribution in [1.29, 1.82) is 0 Å². The summed E-state index contributed by atoms with van der Waals surface area (Å²) in [6.07, 6.45) is 0. The molecule has 0 N–H and O–H groups in total. The molecule has 5 rings (SSSR count). The van der Waals surface area contributed by atoms with E-state index in [4.69, 9.17) is 0 Å². The Morgan fingerprint density at radius 1 is 0.367 bits per heavy atom. The van der Waals surface area contributed by atoms with Crippen molar-refractivity contribution in [2.45, 2.75) is 0 Å². The van der Waals surface area contributed by atoms with Crippen LogP contribution in [0.4, 0.5) is 0 Å². The van der Waals surface area contributed by atoms with Gasteiger partial charge in [0.05, 0.1) is 0 Å². The third kappa shape index (κ3) is 3.51. The molecule has 0 aliphatic rings. The van der Waals surface area contributed by atoms with Crippen LogP contribution in [0.1, 0.15) is 0 Å².